The number of nitrogens with one attached hydrogen (secondary N) is 1. The molecule has 0 atom stereocenters. The minimum Gasteiger partial charge on any atom is -0.326 e. The van der Waals surface area contributed by atoms with Crippen LogP contribution in [0.3, 0.4) is 0 Å². The minimum atomic E-state index is -0.474. The zero-order valence-electron chi connectivity index (χ0n) is 9.48. The average molecular weight is 222 g/mol. The molecule has 86 valence electrons. The number of benzene rings is 1. The summed E-state index contributed by atoms with van der Waals surface area (Å²) >= 11 is 0. The first-order chi connectivity index (χ1) is 7.40. The zero-order valence-corrected chi connectivity index (χ0v) is 9.48. The summed E-state index contributed by atoms with van der Waals surface area (Å²) < 4.78 is 0. The Morgan fingerprint density at radius 2 is 2.00 bits per heavy atom. The Kier molecular flexibility index (Phi) is 3.60. The van der Waals surface area contributed by atoms with Crippen LogP contribution < -0.4 is 5.32 Å². The number of amides is 1. The van der Waals surface area contributed by atoms with Gasteiger partial charge in [-0.1, -0.05) is 13.8 Å². The van der Waals surface area contributed by atoms with Crippen LogP contribution in [0.5, 0.6) is 0 Å². The van der Waals surface area contributed by atoms with E-state index in [1.165, 1.54) is 12.1 Å². The lowest BCUT2D eigenvalue weighted by molar-refractivity contribution is -0.384. The van der Waals surface area contributed by atoms with Crippen LogP contribution in [0.25, 0.3) is 0 Å². The highest BCUT2D eigenvalue weighted by molar-refractivity contribution is 5.92. The number of hydrogen-bond donors (Lipinski definition) is 1. The van der Waals surface area contributed by atoms with Gasteiger partial charge in [-0.25, -0.2) is 0 Å². The molecule has 0 aliphatic rings. The molecule has 0 saturated heterocycles. The van der Waals surface area contributed by atoms with Gasteiger partial charge < -0.3 is 5.32 Å². The lowest BCUT2D eigenvalue weighted by atomic mass is 10.1. The quantitative estimate of drug-likeness (QED) is 0.630. The number of anilines is 1. The van der Waals surface area contributed by atoms with Crippen molar-refractivity contribution >= 4 is 17.3 Å². The SMILES string of the molecule is Cc1cc(NC(=O)C(C)C)cc([N+](=O)[O-])c1. The van der Waals surface area contributed by atoms with Crippen LogP contribution in [0.15, 0.2) is 18.2 Å². The fourth-order valence-corrected chi connectivity index (χ4v) is 1.23. The first-order valence-corrected chi connectivity index (χ1v) is 4.97. The van der Waals surface area contributed by atoms with Crippen molar-refractivity contribution in [3.8, 4) is 0 Å². The van der Waals surface area contributed by atoms with Crippen LogP contribution in [0, 0.1) is 23.0 Å². The van der Waals surface area contributed by atoms with Crippen LogP contribution in [0.1, 0.15) is 19.4 Å². The van der Waals surface area contributed by atoms with E-state index in [1.54, 1.807) is 26.8 Å². The fraction of sp³-hybridized carbons (Fsp3) is 0.364. The highest BCUT2D eigenvalue weighted by Crippen LogP contribution is 2.20. The van der Waals surface area contributed by atoms with Gasteiger partial charge in [0.1, 0.15) is 0 Å². The molecule has 5 heteroatoms. The van der Waals surface area contributed by atoms with E-state index in [2.05, 4.69) is 5.32 Å². The first-order valence-electron chi connectivity index (χ1n) is 4.97. The van der Waals surface area contributed by atoms with Crippen molar-refractivity contribution in [3.63, 3.8) is 0 Å². The highest BCUT2D eigenvalue weighted by atomic mass is 16.6. The van der Waals surface area contributed by atoms with Gasteiger partial charge in [0.05, 0.1) is 4.92 Å². The highest BCUT2D eigenvalue weighted by Gasteiger charge is 2.11. The number of carbonyl (C=O) groups excluding carboxylic acids is 1. The summed E-state index contributed by atoms with van der Waals surface area (Å²) in [7, 11) is 0. The van der Waals surface area contributed by atoms with Crippen LogP contribution >= 0.6 is 0 Å². The number of nitrogens with zero attached hydrogens (tertiary/aromatic N) is 1. The molecule has 1 aromatic carbocycles. The number of carbonyl (C=O) groups is 1. The molecule has 16 heavy (non-hydrogen) atoms. The molecule has 1 amide bonds. The van der Waals surface area contributed by atoms with Crippen LogP contribution in [0.4, 0.5) is 11.4 Å². The summed E-state index contributed by atoms with van der Waals surface area (Å²) in [4.78, 5) is 21.6. The van der Waals surface area contributed by atoms with Crippen molar-refractivity contribution in [2.45, 2.75) is 20.8 Å². The van der Waals surface area contributed by atoms with E-state index in [4.69, 9.17) is 0 Å². The van der Waals surface area contributed by atoms with E-state index < -0.39 is 4.92 Å². The molecule has 1 rings (SSSR count). The smallest absolute Gasteiger partial charge is 0.271 e. The summed E-state index contributed by atoms with van der Waals surface area (Å²) in [5.74, 6) is -0.306. The van der Waals surface area contributed by atoms with Crippen LogP contribution in [-0.2, 0) is 4.79 Å². The van der Waals surface area contributed by atoms with Crippen LogP contribution in [-0.4, -0.2) is 10.8 Å². The van der Waals surface area contributed by atoms with Gasteiger partial charge in [0, 0.05) is 23.7 Å². The fourth-order valence-electron chi connectivity index (χ4n) is 1.23. The van der Waals surface area contributed by atoms with Gasteiger partial charge >= 0.3 is 0 Å². The van der Waals surface area contributed by atoms with Crippen molar-refractivity contribution in [2.75, 3.05) is 5.32 Å². The summed E-state index contributed by atoms with van der Waals surface area (Å²) in [5.41, 5.74) is 1.19. The molecule has 0 radical (unpaired) electrons. The maximum atomic E-state index is 11.4. The Balaban J connectivity index is 2.97. The molecule has 1 aromatic rings. The molecule has 0 aliphatic heterocycles. The molecule has 5 nitrogen and oxygen atoms in total. The second kappa shape index (κ2) is 4.74. The van der Waals surface area contributed by atoms with Crippen molar-refractivity contribution < 1.29 is 9.72 Å². The van der Waals surface area contributed by atoms with Gasteiger partial charge in [0.2, 0.25) is 5.91 Å². The van der Waals surface area contributed by atoms with Gasteiger partial charge in [-0.15, -0.1) is 0 Å². The van der Waals surface area contributed by atoms with Crippen molar-refractivity contribution in [3.05, 3.63) is 33.9 Å². The van der Waals surface area contributed by atoms with E-state index in [9.17, 15) is 14.9 Å². The lowest BCUT2D eigenvalue weighted by Gasteiger charge is -2.08. The van der Waals surface area contributed by atoms with Gasteiger partial charge in [-0.2, -0.15) is 0 Å². The molecular formula is C11H14N2O3. The molecule has 0 saturated carbocycles. The topological polar surface area (TPSA) is 72.2 Å². The Hall–Kier alpha value is -1.91. The monoisotopic (exact) mass is 222 g/mol. The second-order valence-electron chi connectivity index (χ2n) is 3.96. The molecule has 1 N–H and O–H groups in total. The van der Waals surface area contributed by atoms with E-state index in [-0.39, 0.29) is 17.5 Å². The number of hydrogen-bond acceptors (Lipinski definition) is 3. The summed E-state index contributed by atoms with van der Waals surface area (Å²) in [6.07, 6.45) is 0. The Bertz CT molecular complexity index is 427. The zero-order chi connectivity index (χ0) is 12.3. The largest absolute Gasteiger partial charge is 0.326 e. The van der Waals surface area contributed by atoms with Gasteiger partial charge in [-0.05, 0) is 18.6 Å². The van der Waals surface area contributed by atoms with Gasteiger partial charge in [0.25, 0.3) is 5.69 Å². The Morgan fingerprint density at radius 1 is 1.38 bits per heavy atom. The maximum absolute atomic E-state index is 11.4. The molecule has 0 bridgehead atoms. The molecular weight excluding hydrogens is 208 g/mol. The van der Waals surface area contributed by atoms with Gasteiger partial charge in [0.15, 0.2) is 0 Å². The Labute approximate surface area is 93.6 Å². The normalized spacial score (nSPS) is 10.2. The Morgan fingerprint density at radius 3 is 2.50 bits per heavy atom. The van der Waals surface area contributed by atoms with E-state index in [0.717, 1.165) is 5.56 Å². The summed E-state index contributed by atoms with van der Waals surface area (Å²) in [6, 6.07) is 4.52. The third-order valence-electron chi connectivity index (χ3n) is 2.06. The van der Waals surface area contributed by atoms with E-state index >= 15 is 0 Å². The number of nitro groups is 1. The standard InChI is InChI=1S/C11H14N2O3/c1-7(2)11(14)12-9-4-8(3)5-10(6-9)13(15)16/h4-7H,1-3H3,(H,12,14). The molecule has 0 spiro atoms. The molecule has 0 fully saturated rings. The predicted octanol–water partition coefficient (Wildman–Crippen LogP) is 2.50. The minimum absolute atomic E-state index is 0.0148. The third-order valence-corrected chi connectivity index (χ3v) is 2.06. The first kappa shape index (κ1) is 12.2. The third kappa shape index (κ3) is 3.05. The maximum Gasteiger partial charge on any atom is 0.271 e. The van der Waals surface area contributed by atoms with Gasteiger partial charge in [-0.3, -0.25) is 14.9 Å². The van der Waals surface area contributed by atoms with Crippen molar-refractivity contribution in [2.24, 2.45) is 5.92 Å². The number of aryl methyl sites for hydroxylation is 1. The predicted molar refractivity (Wildman–Crippen MR) is 61.3 cm³/mol. The summed E-state index contributed by atoms with van der Waals surface area (Å²) in [5, 5.41) is 13.3. The molecule has 0 unspecified atom stereocenters. The van der Waals surface area contributed by atoms with Crippen molar-refractivity contribution in [1.82, 2.24) is 0 Å². The number of nitro benzene ring substituents is 1. The lowest BCUT2D eigenvalue weighted by Crippen LogP contribution is -2.17. The molecule has 0 heterocycles. The number of non-ortho nitro benzene ring substituents is 1. The number of rotatable bonds is 3. The van der Waals surface area contributed by atoms with E-state index in [0.29, 0.717) is 5.69 Å². The summed E-state index contributed by atoms with van der Waals surface area (Å²) in [6.45, 7) is 5.27. The average Bonchev–Trinajstić information content (AvgIpc) is 2.16. The van der Waals surface area contributed by atoms with E-state index in [1.807, 2.05) is 0 Å². The molecule has 0 aliphatic carbocycles. The molecule has 0 aromatic heterocycles. The van der Waals surface area contributed by atoms with Crippen molar-refractivity contribution in [1.29, 1.82) is 0 Å². The second-order valence-corrected chi connectivity index (χ2v) is 3.96. The van der Waals surface area contributed by atoms with Crippen LogP contribution in [0.2, 0.25) is 0 Å².